The first-order valence-corrected chi connectivity index (χ1v) is 7.40. The fraction of sp³-hybridized carbons (Fsp3) is 0.278. The van der Waals surface area contributed by atoms with E-state index in [0.29, 0.717) is 12.6 Å². The first-order chi connectivity index (χ1) is 10.2. The van der Waals surface area contributed by atoms with E-state index in [9.17, 15) is 0 Å². The van der Waals surface area contributed by atoms with Crippen LogP contribution in [0.25, 0.3) is 0 Å². The quantitative estimate of drug-likeness (QED) is 0.905. The predicted molar refractivity (Wildman–Crippen MR) is 87.2 cm³/mol. The van der Waals surface area contributed by atoms with Crippen molar-refractivity contribution in [2.45, 2.75) is 32.5 Å². The average Bonchev–Trinajstić information content (AvgIpc) is 2.87. The molecule has 0 saturated carbocycles. The minimum atomic E-state index is 0.280. The maximum absolute atomic E-state index is 4.66. The maximum atomic E-state index is 4.66. The molecule has 2 atom stereocenters. The van der Waals surface area contributed by atoms with Crippen molar-refractivity contribution in [3.05, 3.63) is 71.3 Å². The van der Waals surface area contributed by atoms with Gasteiger partial charge in [0.05, 0.1) is 18.6 Å². The normalized spacial score (nSPS) is 22.9. The van der Waals surface area contributed by atoms with Gasteiger partial charge in [-0.3, -0.25) is 0 Å². The van der Waals surface area contributed by atoms with Gasteiger partial charge in [0, 0.05) is 0 Å². The number of benzene rings is 2. The van der Waals surface area contributed by atoms with Gasteiger partial charge in [0.15, 0.2) is 5.96 Å². The Balaban J connectivity index is 1.69. The second-order valence-electron chi connectivity index (χ2n) is 5.62. The zero-order valence-electron chi connectivity index (χ0n) is 12.5. The summed E-state index contributed by atoms with van der Waals surface area (Å²) >= 11 is 0. The highest BCUT2D eigenvalue weighted by atomic mass is 15.3. The number of nitrogens with zero attached hydrogens (tertiary/aromatic N) is 1. The van der Waals surface area contributed by atoms with Gasteiger partial charge < -0.3 is 10.6 Å². The van der Waals surface area contributed by atoms with Gasteiger partial charge in [0.1, 0.15) is 0 Å². The number of guanidine groups is 1. The zero-order valence-corrected chi connectivity index (χ0v) is 12.5. The standard InChI is InChI=1S/C18H21N3/c1-13-7-6-8-15(11-13)12-19-18-20-14(2)17(21-18)16-9-4-3-5-10-16/h3-11,14,17H,12H2,1-2H3,(H2,19,20,21)/t14-,17-/m0/s1. The Morgan fingerprint density at radius 3 is 2.57 bits per heavy atom. The molecule has 2 N–H and O–H groups in total. The van der Waals surface area contributed by atoms with Crippen LogP contribution in [0.3, 0.4) is 0 Å². The number of hydrogen-bond donors (Lipinski definition) is 2. The lowest BCUT2D eigenvalue weighted by molar-refractivity contribution is 0.568. The van der Waals surface area contributed by atoms with Crippen LogP contribution in [0, 0.1) is 6.92 Å². The molecule has 3 heteroatoms. The number of aryl methyl sites for hydroxylation is 1. The molecule has 1 aliphatic heterocycles. The fourth-order valence-electron chi connectivity index (χ4n) is 2.72. The summed E-state index contributed by atoms with van der Waals surface area (Å²) in [5, 5.41) is 6.91. The lowest BCUT2D eigenvalue weighted by Crippen LogP contribution is -2.26. The Morgan fingerprint density at radius 2 is 1.81 bits per heavy atom. The summed E-state index contributed by atoms with van der Waals surface area (Å²) in [5.41, 5.74) is 3.80. The van der Waals surface area contributed by atoms with Gasteiger partial charge in [0.25, 0.3) is 0 Å². The van der Waals surface area contributed by atoms with Crippen molar-refractivity contribution in [3.63, 3.8) is 0 Å². The van der Waals surface area contributed by atoms with Gasteiger partial charge in [-0.15, -0.1) is 0 Å². The number of hydrogen-bond acceptors (Lipinski definition) is 1. The molecule has 2 aromatic rings. The summed E-state index contributed by atoms with van der Waals surface area (Å²) in [5.74, 6) is 0.887. The molecular formula is C18H21N3. The molecule has 3 rings (SSSR count). The van der Waals surface area contributed by atoms with Gasteiger partial charge in [-0.1, -0.05) is 60.2 Å². The molecular weight excluding hydrogens is 258 g/mol. The van der Waals surface area contributed by atoms with Gasteiger partial charge >= 0.3 is 0 Å². The third-order valence-electron chi connectivity index (χ3n) is 3.82. The molecule has 0 spiro atoms. The van der Waals surface area contributed by atoms with Crippen LogP contribution in [0.2, 0.25) is 0 Å². The van der Waals surface area contributed by atoms with Crippen molar-refractivity contribution in [1.29, 1.82) is 0 Å². The fourth-order valence-corrected chi connectivity index (χ4v) is 2.72. The minimum Gasteiger partial charge on any atom is -0.352 e. The zero-order chi connectivity index (χ0) is 14.7. The summed E-state index contributed by atoms with van der Waals surface area (Å²) in [4.78, 5) is 4.66. The molecule has 21 heavy (non-hydrogen) atoms. The molecule has 1 saturated heterocycles. The van der Waals surface area contributed by atoms with Crippen molar-refractivity contribution in [2.75, 3.05) is 0 Å². The predicted octanol–water partition coefficient (Wildman–Crippen LogP) is 3.17. The minimum absolute atomic E-state index is 0.280. The maximum Gasteiger partial charge on any atom is 0.192 e. The Bertz CT molecular complexity index is 634. The smallest absolute Gasteiger partial charge is 0.192 e. The van der Waals surface area contributed by atoms with Crippen molar-refractivity contribution < 1.29 is 0 Å². The summed E-state index contributed by atoms with van der Waals surface area (Å²) in [6.45, 7) is 4.99. The van der Waals surface area contributed by atoms with E-state index in [1.807, 2.05) is 6.07 Å². The van der Waals surface area contributed by atoms with Gasteiger partial charge in [-0.25, -0.2) is 4.99 Å². The molecule has 1 aliphatic rings. The Hall–Kier alpha value is -2.29. The highest BCUT2D eigenvalue weighted by Crippen LogP contribution is 2.20. The van der Waals surface area contributed by atoms with E-state index < -0.39 is 0 Å². The van der Waals surface area contributed by atoms with Crippen molar-refractivity contribution >= 4 is 5.96 Å². The van der Waals surface area contributed by atoms with Crippen LogP contribution in [-0.4, -0.2) is 12.0 Å². The molecule has 0 amide bonds. The van der Waals surface area contributed by atoms with Gasteiger partial charge in [-0.05, 0) is 25.0 Å². The first-order valence-electron chi connectivity index (χ1n) is 7.40. The van der Waals surface area contributed by atoms with Crippen molar-refractivity contribution in [2.24, 2.45) is 4.99 Å². The second-order valence-corrected chi connectivity index (χ2v) is 5.62. The van der Waals surface area contributed by atoms with E-state index >= 15 is 0 Å². The molecule has 2 aromatic carbocycles. The number of aliphatic imine (C=N–C) groups is 1. The average molecular weight is 279 g/mol. The highest BCUT2D eigenvalue weighted by Gasteiger charge is 2.27. The van der Waals surface area contributed by atoms with E-state index in [4.69, 9.17) is 0 Å². The molecule has 1 fully saturated rings. The summed E-state index contributed by atoms with van der Waals surface area (Å²) in [7, 11) is 0. The van der Waals surface area contributed by atoms with Gasteiger partial charge in [0.2, 0.25) is 0 Å². The largest absolute Gasteiger partial charge is 0.352 e. The van der Waals surface area contributed by atoms with E-state index in [-0.39, 0.29) is 6.04 Å². The van der Waals surface area contributed by atoms with E-state index in [1.54, 1.807) is 0 Å². The second kappa shape index (κ2) is 6.00. The van der Waals surface area contributed by atoms with Crippen LogP contribution in [0.4, 0.5) is 0 Å². The summed E-state index contributed by atoms with van der Waals surface area (Å²) in [6.07, 6.45) is 0. The SMILES string of the molecule is Cc1cccc(CN=C2N[C@@H](C)[C@@H](c3ccccc3)N2)c1. The third kappa shape index (κ3) is 3.24. The van der Waals surface area contributed by atoms with Crippen LogP contribution in [-0.2, 0) is 6.54 Å². The molecule has 0 bridgehead atoms. The Labute approximate surface area is 126 Å². The lowest BCUT2D eigenvalue weighted by Gasteiger charge is -2.14. The number of rotatable bonds is 3. The van der Waals surface area contributed by atoms with Crippen LogP contribution in [0.15, 0.2) is 59.6 Å². The van der Waals surface area contributed by atoms with E-state index in [1.165, 1.54) is 16.7 Å². The molecule has 0 unspecified atom stereocenters. The monoisotopic (exact) mass is 279 g/mol. The van der Waals surface area contributed by atoms with E-state index in [2.05, 4.69) is 78.0 Å². The van der Waals surface area contributed by atoms with Crippen LogP contribution in [0.1, 0.15) is 29.7 Å². The summed E-state index contributed by atoms with van der Waals surface area (Å²) < 4.78 is 0. The molecule has 0 radical (unpaired) electrons. The third-order valence-corrected chi connectivity index (χ3v) is 3.82. The molecule has 3 nitrogen and oxygen atoms in total. The first kappa shape index (κ1) is 13.7. The topological polar surface area (TPSA) is 36.4 Å². The lowest BCUT2D eigenvalue weighted by atomic mass is 10.0. The van der Waals surface area contributed by atoms with Crippen molar-refractivity contribution in [1.82, 2.24) is 10.6 Å². The Morgan fingerprint density at radius 1 is 1.00 bits per heavy atom. The van der Waals surface area contributed by atoms with Crippen LogP contribution < -0.4 is 10.6 Å². The highest BCUT2D eigenvalue weighted by molar-refractivity contribution is 5.83. The molecule has 0 aliphatic carbocycles. The van der Waals surface area contributed by atoms with Crippen LogP contribution in [0.5, 0.6) is 0 Å². The summed E-state index contributed by atoms with van der Waals surface area (Å²) in [6, 6.07) is 19.6. The Kier molecular flexibility index (Phi) is 3.91. The van der Waals surface area contributed by atoms with Crippen LogP contribution >= 0.6 is 0 Å². The molecule has 0 aromatic heterocycles. The van der Waals surface area contributed by atoms with E-state index in [0.717, 1.165) is 5.96 Å². The number of nitrogens with one attached hydrogen (secondary N) is 2. The molecule has 1 heterocycles. The molecule has 108 valence electrons. The van der Waals surface area contributed by atoms with Gasteiger partial charge in [-0.2, -0.15) is 0 Å². The van der Waals surface area contributed by atoms with Crippen molar-refractivity contribution in [3.8, 4) is 0 Å².